The molecule has 0 atom stereocenters. The molecular formula is C37H23N5. The van der Waals surface area contributed by atoms with Gasteiger partial charge in [0.15, 0.2) is 0 Å². The van der Waals surface area contributed by atoms with Crippen molar-refractivity contribution < 1.29 is 0 Å². The van der Waals surface area contributed by atoms with Crippen LogP contribution in [0.15, 0.2) is 140 Å². The molecule has 0 aliphatic heterocycles. The van der Waals surface area contributed by atoms with Gasteiger partial charge in [0.1, 0.15) is 6.33 Å². The maximum Gasteiger partial charge on any atom is 0.235 e. The third-order valence-corrected chi connectivity index (χ3v) is 8.20. The molecule has 0 bridgehead atoms. The minimum absolute atomic E-state index is 0.660. The second-order valence-electron chi connectivity index (χ2n) is 10.6. The van der Waals surface area contributed by atoms with Crippen molar-refractivity contribution in [1.82, 2.24) is 24.1 Å². The summed E-state index contributed by atoms with van der Waals surface area (Å²) in [7, 11) is 0. The Kier molecular flexibility index (Phi) is 4.83. The van der Waals surface area contributed by atoms with Gasteiger partial charge in [-0.2, -0.15) is 0 Å². The highest BCUT2D eigenvalue weighted by atomic mass is 15.2. The standard InChI is InChI=1S/C37H23N5/c1-3-11-24(12-4-1)35-28-16-7-9-17-31(28)39-37(40-35)42-32-18-10-8-15-27(32)30-22-29-25(21-34(30)42)19-20-33-36(29)38-23-41(33)26-13-5-2-6-14-26/h1-23H. The third-order valence-electron chi connectivity index (χ3n) is 8.20. The second-order valence-corrected chi connectivity index (χ2v) is 10.6. The van der Waals surface area contributed by atoms with Gasteiger partial charge in [0.05, 0.1) is 33.3 Å². The van der Waals surface area contributed by atoms with E-state index in [1.54, 1.807) is 0 Å². The van der Waals surface area contributed by atoms with Gasteiger partial charge in [-0.15, -0.1) is 0 Å². The van der Waals surface area contributed by atoms with Gasteiger partial charge in [-0.3, -0.25) is 9.13 Å². The van der Waals surface area contributed by atoms with Crippen molar-refractivity contribution in [2.24, 2.45) is 0 Å². The zero-order valence-corrected chi connectivity index (χ0v) is 22.5. The van der Waals surface area contributed by atoms with Crippen LogP contribution >= 0.6 is 0 Å². The van der Waals surface area contributed by atoms with Gasteiger partial charge in [0.2, 0.25) is 5.95 Å². The molecule has 0 aliphatic rings. The number of imidazole rings is 1. The Morgan fingerprint density at radius 3 is 2.10 bits per heavy atom. The number of hydrogen-bond donors (Lipinski definition) is 0. The summed E-state index contributed by atoms with van der Waals surface area (Å²) in [4.78, 5) is 15.2. The molecule has 0 radical (unpaired) electrons. The van der Waals surface area contributed by atoms with Crippen LogP contribution in [-0.2, 0) is 0 Å². The van der Waals surface area contributed by atoms with Crippen LogP contribution in [-0.4, -0.2) is 24.1 Å². The Balaban J connectivity index is 1.35. The molecule has 0 fully saturated rings. The Hall–Kier alpha value is -5.81. The zero-order chi connectivity index (χ0) is 27.6. The summed E-state index contributed by atoms with van der Waals surface area (Å²) in [5.74, 6) is 0.660. The smallest absolute Gasteiger partial charge is 0.235 e. The highest BCUT2D eigenvalue weighted by Gasteiger charge is 2.19. The van der Waals surface area contributed by atoms with E-state index in [1.807, 2.05) is 30.6 Å². The van der Waals surface area contributed by atoms with E-state index in [0.29, 0.717) is 5.95 Å². The van der Waals surface area contributed by atoms with Crippen LogP contribution in [0.2, 0.25) is 0 Å². The number of aromatic nitrogens is 5. The zero-order valence-electron chi connectivity index (χ0n) is 22.5. The van der Waals surface area contributed by atoms with Crippen LogP contribution in [0, 0.1) is 0 Å². The molecule has 6 aromatic carbocycles. The van der Waals surface area contributed by atoms with E-state index >= 15 is 0 Å². The molecule has 5 heteroatoms. The largest absolute Gasteiger partial charge is 0.299 e. The van der Waals surface area contributed by atoms with Crippen LogP contribution in [0.1, 0.15) is 0 Å². The highest BCUT2D eigenvalue weighted by Crippen LogP contribution is 2.37. The highest BCUT2D eigenvalue weighted by molar-refractivity contribution is 6.17. The molecule has 0 aliphatic carbocycles. The van der Waals surface area contributed by atoms with Gasteiger partial charge in [-0.1, -0.05) is 91.0 Å². The fourth-order valence-corrected chi connectivity index (χ4v) is 6.26. The van der Waals surface area contributed by atoms with Crippen LogP contribution in [0.25, 0.3) is 77.4 Å². The molecule has 0 unspecified atom stereocenters. The first-order valence-electron chi connectivity index (χ1n) is 14.0. The van der Waals surface area contributed by atoms with Crippen molar-refractivity contribution >= 4 is 54.5 Å². The minimum Gasteiger partial charge on any atom is -0.299 e. The average Bonchev–Trinajstić information content (AvgIpc) is 3.63. The molecule has 196 valence electrons. The molecule has 0 spiro atoms. The second kappa shape index (κ2) is 8.85. The monoisotopic (exact) mass is 537 g/mol. The molecule has 9 rings (SSSR count). The topological polar surface area (TPSA) is 48.5 Å². The summed E-state index contributed by atoms with van der Waals surface area (Å²) in [5, 5.41) is 5.60. The van der Waals surface area contributed by atoms with Gasteiger partial charge in [0, 0.05) is 32.8 Å². The molecule has 3 heterocycles. The number of nitrogens with zero attached hydrogens (tertiary/aromatic N) is 5. The molecule has 42 heavy (non-hydrogen) atoms. The normalized spacial score (nSPS) is 11.8. The third kappa shape index (κ3) is 3.34. The van der Waals surface area contributed by atoms with E-state index < -0.39 is 0 Å². The fraction of sp³-hybridized carbons (Fsp3) is 0. The van der Waals surface area contributed by atoms with E-state index in [9.17, 15) is 0 Å². The van der Waals surface area contributed by atoms with Gasteiger partial charge in [-0.05, 0) is 47.9 Å². The van der Waals surface area contributed by atoms with Gasteiger partial charge < -0.3 is 0 Å². The first-order valence-corrected chi connectivity index (χ1v) is 14.0. The number of benzene rings is 6. The summed E-state index contributed by atoms with van der Waals surface area (Å²) < 4.78 is 4.35. The summed E-state index contributed by atoms with van der Waals surface area (Å²) in [6.07, 6.45) is 1.92. The summed E-state index contributed by atoms with van der Waals surface area (Å²) in [6, 6.07) is 46.4. The summed E-state index contributed by atoms with van der Waals surface area (Å²) >= 11 is 0. The Morgan fingerprint density at radius 2 is 1.24 bits per heavy atom. The number of hydrogen-bond acceptors (Lipinski definition) is 3. The van der Waals surface area contributed by atoms with E-state index in [1.165, 1.54) is 0 Å². The number of rotatable bonds is 3. The maximum absolute atomic E-state index is 5.22. The minimum atomic E-state index is 0.660. The first kappa shape index (κ1) is 22.9. The van der Waals surface area contributed by atoms with Crippen LogP contribution in [0.5, 0.6) is 0 Å². The molecule has 3 aromatic heterocycles. The van der Waals surface area contributed by atoms with Crippen molar-refractivity contribution in [3.05, 3.63) is 140 Å². The lowest BCUT2D eigenvalue weighted by atomic mass is 10.0. The summed E-state index contributed by atoms with van der Waals surface area (Å²) in [5.41, 5.74) is 8.23. The SMILES string of the molecule is c1ccc(-c2nc(-n3c4ccccc4c4cc5c(ccc6c5ncn6-c5ccccc5)cc43)nc3ccccc23)cc1. The quantitative estimate of drug-likeness (QED) is 0.226. The lowest BCUT2D eigenvalue weighted by molar-refractivity contribution is 1.01. The van der Waals surface area contributed by atoms with Crippen molar-refractivity contribution in [2.45, 2.75) is 0 Å². The van der Waals surface area contributed by atoms with E-state index in [-0.39, 0.29) is 0 Å². The van der Waals surface area contributed by atoms with E-state index in [0.717, 1.165) is 71.5 Å². The van der Waals surface area contributed by atoms with Crippen molar-refractivity contribution in [2.75, 3.05) is 0 Å². The predicted octanol–water partition coefficient (Wildman–Crippen LogP) is 8.89. The molecule has 0 saturated carbocycles. The molecule has 5 nitrogen and oxygen atoms in total. The van der Waals surface area contributed by atoms with Crippen molar-refractivity contribution in [3.8, 4) is 22.9 Å². The van der Waals surface area contributed by atoms with Crippen LogP contribution in [0.4, 0.5) is 0 Å². The summed E-state index contributed by atoms with van der Waals surface area (Å²) in [6.45, 7) is 0. The lowest BCUT2D eigenvalue weighted by Crippen LogP contribution is -2.03. The molecule has 0 N–H and O–H groups in total. The van der Waals surface area contributed by atoms with Gasteiger partial charge in [0.25, 0.3) is 0 Å². The van der Waals surface area contributed by atoms with Crippen molar-refractivity contribution in [1.29, 1.82) is 0 Å². The molecular weight excluding hydrogens is 514 g/mol. The van der Waals surface area contributed by atoms with E-state index in [2.05, 4.69) is 118 Å². The van der Waals surface area contributed by atoms with Crippen molar-refractivity contribution in [3.63, 3.8) is 0 Å². The fourth-order valence-electron chi connectivity index (χ4n) is 6.26. The Bertz CT molecular complexity index is 2450. The average molecular weight is 538 g/mol. The van der Waals surface area contributed by atoms with E-state index in [4.69, 9.17) is 15.0 Å². The molecule has 0 amide bonds. The van der Waals surface area contributed by atoms with Crippen LogP contribution in [0.3, 0.4) is 0 Å². The first-order chi connectivity index (χ1) is 20.8. The van der Waals surface area contributed by atoms with Gasteiger partial charge in [-0.25, -0.2) is 15.0 Å². The Morgan fingerprint density at radius 1 is 0.500 bits per heavy atom. The maximum atomic E-state index is 5.22. The van der Waals surface area contributed by atoms with Gasteiger partial charge >= 0.3 is 0 Å². The van der Waals surface area contributed by atoms with Crippen LogP contribution < -0.4 is 0 Å². The molecule has 9 aromatic rings. The number of para-hydroxylation sites is 3. The predicted molar refractivity (Wildman–Crippen MR) is 171 cm³/mol. The molecule has 0 saturated heterocycles. The number of fused-ring (bicyclic) bond motifs is 7. The lowest BCUT2D eigenvalue weighted by Gasteiger charge is -2.12. The Labute approximate surface area is 241 Å².